The maximum Gasteiger partial charge on any atom is 0.224 e. The van der Waals surface area contributed by atoms with E-state index in [-0.39, 0.29) is 5.91 Å². The van der Waals surface area contributed by atoms with Crippen LogP contribution in [0.1, 0.15) is 104 Å². The molecule has 194 valence electrons. The van der Waals surface area contributed by atoms with Gasteiger partial charge in [-0.3, -0.25) is 9.59 Å². The van der Waals surface area contributed by atoms with Crippen LogP contribution in [0.2, 0.25) is 0 Å². The number of nitrogens with one attached hydrogen (secondary N) is 1. The van der Waals surface area contributed by atoms with Crippen LogP contribution in [-0.4, -0.2) is 29.8 Å². The fourth-order valence-corrected chi connectivity index (χ4v) is 9.95. The van der Waals surface area contributed by atoms with E-state index in [4.69, 9.17) is 0 Å². The number of thiophene rings is 1. The van der Waals surface area contributed by atoms with E-state index < -0.39 is 0 Å². The highest BCUT2D eigenvalue weighted by molar-refractivity contribution is 7.14. The fraction of sp³-hybridized carbons (Fsp3) is 0.800. The predicted molar refractivity (Wildman–Crippen MR) is 144 cm³/mol. The summed E-state index contributed by atoms with van der Waals surface area (Å²) in [5, 5.41) is 5.96. The Morgan fingerprint density at radius 2 is 1.83 bits per heavy atom. The molecule has 2 unspecified atom stereocenters. The van der Waals surface area contributed by atoms with Gasteiger partial charge in [-0.15, -0.1) is 11.3 Å². The highest BCUT2D eigenvalue weighted by Crippen LogP contribution is 2.66. The molecule has 4 fully saturated rings. The third-order valence-corrected chi connectivity index (χ3v) is 12.0. The number of amides is 2. The van der Waals surface area contributed by atoms with E-state index in [9.17, 15) is 9.59 Å². The number of carbonyl (C=O) groups excluding carboxylic acids is 2. The number of nitrogens with zero attached hydrogens (tertiary/aromatic N) is 1. The van der Waals surface area contributed by atoms with Gasteiger partial charge in [-0.1, -0.05) is 33.1 Å². The topological polar surface area (TPSA) is 49.4 Å². The lowest BCUT2D eigenvalue weighted by Crippen LogP contribution is -2.61. The standard InChI is InChI=1S/C30H46N2O2S/c1-29-18-16-24-22(13-15-25-30(24,2)19-17-28(34)32(25)3)23(29)14-12-21(29)9-6-4-5-7-10-26(33)31-27-11-8-20-35-27/h8,11,20-25H,4-7,9-10,12-19H2,1-3H3,(H,31,33)/t21?,22-,23-,24+,25?,29+,30+/m0/s1. The quantitative estimate of drug-likeness (QED) is 0.377. The van der Waals surface area contributed by atoms with Crippen LogP contribution in [0.15, 0.2) is 17.5 Å². The number of likely N-dealkylation sites (tertiary alicyclic amines) is 1. The van der Waals surface area contributed by atoms with Gasteiger partial charge < -0.3 is 10.2 Å². The largest absolute Gasteiger partial charge is 0.342 e. The second-order valence-electron chi connectivity index (χ2n) is 12.8. The Kier molecular flexibility index (Phi) is 7.36. The minimum atomic E-state index is 0.160. The summed E-state index contributed by atoms with van der Waals surface area (Å²) in [6, 6.07) is 4.41. The molecule has 2 heterocycles. The van der Waals surface area contributed by atoms with Crippen molar-refractivity contribution in [3.63, 3.8) is 0 Å². The lowest BCUT2D eigenvalue weighted by Gasteiger charge is -2.62. The molecule has 0 spiro atoms. The minimum absolute atomic E-state index is 0.160. The molecule has 7 atom stereocenters. The maximum absolute atomic E-state index is 12.4. The van der Waals surface area contributed by atoms with E-state index in [2.05, 4.69) is 31.1 Å². The molecule has 0 aromatic carbocycles. The van der Waals surface area contributed by atoms with Crippen molar-refractivity contribution >= 4 is 28.2 Å². The summed E-state index contributed by atoms with van der Waals surface area (Å²) in [5.41, 5.74) is 0.863. The van der Waals surface area contributed by atoms with Crippen LogP contribution in [0.3, 0.4) is 0 Å². The Balaban J connectivity index is 1.09. The molecule has 1 aromatic heterocycles. The smallest absolute Gasteiger partial charge is 0.224 e. The first-order valence-corrected chi connectivity index (χ1v) is 15.3. The zero-order valence-corrected chi connectivity index (χ0v) is 23.0. The highest BCUT2D eigenvalue weighted by atomic mass is 32.1. The van der Waals surface area contributed by atoms with Gasteiger partial charge in [0.05, 0.1) is 5.00 Å². The first-order chi connectivity index (χ1) is 16.8. The molecule has 1 aromatic rings. The number of anilines is 1. The van der Waals surface area contributed by atoms with Crippen LogP contribution < -0.4 is 5.32 Å². The van der Waals surface area contributed by atoms with Crippen molar-refractivity contribution in [2.75, 3.05) is 12.4 Å². The van der Waals surface area contributed by atoms with E-state index in [0.717, 1.165) is 47.9 Å². The van der Waals surface area contributed by atoms with Crippen LogP contribution >= 0.6 is 11.3 Å². The van der Waals surface area contributed by atoms with Crippen molar-refractivity contribution in [3.05, 3.63) is 17.5 Å². The van der Waals surface area contributed by atoms with Gasteiger partial charge in [0.2, 0.25) is 11.8 Å². The molecule has 3 aliphatic carbocycles. The number of fused-ring (bicyclic) bond motifs is 5. The first kappa shape index (κ1) is 25.3. The average Bonchev–Trinajstić information content (AvgIpc) is 3.46. The zero-order valence-electron chi connectivity index (χ0n) is 22.2. The fourth-order valence-electron chi connectivity index (χ4n) is 9.31. The summed E-state index contributed by atoms with van der Waals surface area (Å²) in [6.07, 6.45) is 16.8. The predicted octanol–water partition coefficient (Wildman–Crippen LogP) is 7.51. The van der Waals surface area contributed by atoms with Crippen molar-refractivity contribution in [1.29, 1.82) is 0 Å². The lowest BCUT2D eigenvalue weighted by molar-refractivity contribution is -0.158. The van der Waals surface area contributed by atoms with Crippen molar-refractivity contribution in [1.82, 2.24) is 4.90 Å². The van der Waals surface area contributed by atoms with Gasteiger partial charge in [0.15, 0.2) is 0 Å². The Morgan fingerprint density at radius 1 is 1.03 bits per heavy atom. The number of rotatable bonds is 8. The zero-order chi connectivity index (χ0) is 24.6. The molecule has 1 saturated heterocycles. The number of hydrogen-bond acceptors (Lipinski definition) is 3. The molecule has 35 heavy (non-hydrogen) atoms. The van der Waals surface area contributed by atoms with Crippen LogP contribution in [0.25, 0.3) is 0 Å². The Labute approximate surface area is 216 Å². The second-order valence-corrected chi connectivity index (χ2v) is 13.7. The lowest BCUT2D eigenvalue weighted by atomic mass is 9.46. The summed E-state index contributed by atoms with van der Waals surface area (Å²) in [7, 11) is 2.07. The monoisotopic (exact) mass is 498 g/mol. The van der Waals surface area contributed by atoms with E-state index in [1.54, 1.807) is 11.3 Å². The second kappa shape index (κ2) is 10.2. The number of carbonyl (C=O) groups is 2. The molecule has 2 amide bonds. The van der Waals surface area contributed by atoms with E-state index >= 15 is 0 Å². The molecule has 1 N–H and O–H groups in total. The molecular formula is C30H46N2O2S. The molecule has 5 heteroatoms. The molecule has 4 nitrogen and oxygen atoms in total. The Hall–Kier alpha value is -1.36. The average molecular weight is 499 g/mol. The van der Waals surface area contributed by atoms with Crippen molar-refractivity contribution < 1.29 is 9.59 Å². The normalized spacial score (nSPS) is 38.5. The van der Waals surface area contributed by atoms with Gasteiger partial charge in [0, 0.05) is 25.9 Å². The summed E-state index contributed by atoms with van der Waals surface area (Å²) < 4.78 is 0. The van der Waals surface area contributed by atoms with E-state index in [0.29, 0.717) is 29.2 Å². The Bertz CT molecular complexity index is 900. The first-order valence-electron chi connectivity index (χ1n) is 14.4. The number of piperidine rings is 1. The Morgan fingerprint density at radius 3 is 2.63 bits per heavy atom. The summed E-state index contributed by atoms with van der Waals surface area (Å²) in [5.74, 6) is 4.00. The molecular weight excluding hydrogens is 452 g/mol. The molecule has 0 radical (unpaired) electrons. The third kappa shape index (κ3) is 4.71. The van der Waals surface area contributed by atoms with Gasteiger partial charge in [-0.25, -0.2) is 0 Å². The van der Waals surface area contributed by atoms with E-state index in [1.807, 2.05) is 17.5 Å². The molecule has 5 rings (SSSR count). The number of unbranched alkanes of at least 4 members (excludes halogenated alkanes) is 3. The molecule has 3 saturated carbocycles. The maximum atomic E-state index is 12.4. The van der Waals surface area contributed by atoms with Gasteiger partial charge in [-0.2, -0.15) is 0 Å². The van der Waals surface area contributed by atoms with Gasteiger partial charge in [0.1, 0.15) is 0 Å². The van der Waals surface area contributed by atoms with Crippen LogP contribution in [0.4, 0.5) is 5.00 Å². The molecule has 4 aliphatic rings. The van der Waals surface area contributed by atoms with Crippen LogP contribution in [-0.2, 0) is 9.59 Å². The van der Waals surface area contributed by atoms with Crippen molar-refractivity contribution in [3.8, 4) is 0 Å². The van der Waals surface area contributed by atoms with Crippen LogP contribution in [0, 0.1) is 34.5 Å². The summed E-state index contributed by atoms with van der Waals surface area (Å²) >= 11 is 1.59. The molecule has 1 aliphatic heterocycles. The van der Waals surface area contributed by atoms with Crippen molar-refractivity contribution in [2.45, 2.75) is 110 Å². The van der Waals surface area contributed by atoms with Gasteiger partial charge in [0.25, 0.3) is 0 Å². The highest BCUT2D eigenvalue weighted by Gasteiger charge is 2.60. The molecule has 0 bridgehead atoms. The van der Waals surface area contributed by atoms with E-state index in [1.165, 1.54) is 64.2 Å². The van der Waals surface area contributed by atoms with Crippen LogP contribution in [0.5, 0.6) is 0 Å². The number of hydrogen-bond donors (Lipinski definition) is 1. The SMILES string of the molecule is CN1C(=O)CC[C@@]2(C)C1CC[C@@H]1[C@H]2CC[C@]2(C)C(CCCCCCC(=O)Nc3cccs3)CC[C@@H]12. The van der Waals surface area contributed by atoms with Gasteiger partial charge in [-0.05, 0) is 110 Å². The summed E-state index contributed by atoms with van der Waals surface area (Å²) in [6.45, 7) is 5.18. The third-order valence-electron chi connectivity index (χ3n) is 11.2. The van der Waals surface area contributed by atoms with Gasteiger partial charge >= 0.3 is 0 Å². The van der Waals surface area contributed by atoms with Crippen molar-refractivity contribution in [2.24, 2.45) is 34.5 Å². The minimum Gasteiger partial charge on any atom is -0.342 e. The summed E-state index contributed by atoms with van der Waals surface area (Å²) in [4.78, 5) is 26.6.